The number of allylic oxidation sites excluding steroid dienone is 3. The molecule has 0 radical (unpaired) electrons. The first-order chi connectivity index (χ1) is 15.0. The Morgan fingerprint density at radius 2 is 1.94 bits per heavy atom. The summed E-state index contributed by atoms with van der Waals surface area (Å²) in [5.74, 6) is 1.99. The maximum Gasteiger partial charge on any atom is 0.0839 e. The fourth-order valence-corrected chi connectivity index (χ4v) is 7.32. The minimum Gasteiger partial charge on any atom is -0.392 e. The summed E-state index contributed by atoms with van der Waals surface area (Å²) in [5, 5.41) is 31.1. The molecule has 3 fully saturated rings. The molecule has 0 amide bonds. The summed E-state index contributed by atoms with van der Waals surface area (Å²) in [7, 11) is 0. The highest BCUT2D eigenvalue weighted by Crippen LogP contribution is 2.60. The zero-order valence-electron chi connectivity index (χ0n) is 21.2. The van der Waals surface area contributed by atoms with Gasteiger partial charge in [-0.05, 0) is 99.5 Å². The van der Waals surface area contributed by atoms with E-state index in [1.54, 1.807) is 5.57 Å². The van der Waals surface area contributed by atoms with Gasteiger partial charge < -0.3 is 15.3 Å². The normalized spacial score (nSPS) is 39.5. The summed E-state index contributed by atoms with van der Waals surface area (Å²) in [6.07, 6.45) is 14.2. The third-order valence-corrected chi connectivity index (χ3v) is 9.24. The van der Waals surface area contributed by atoms with E-state index < -0.39 is 17.8 Å². The van der Waals surface area contributed by atoms with Crippen molar-refractivity contribution in [3.05, 3.63) is 35.5 Å². The third-order valence-electron chi connectivity index (χ3n) is 9.24. The minimum atomic E-state index is -0.634. The minimum absolute atomic E-state index is 0.0984. The Morgan fingerprint density at radius 3 is 2.59 bits per heavy atom. The maximum absolute atomic E-state index is 10.6. The van der Waals surface area contributed by atoms with Crippen molar-refractivity contribution in [2.45, 2.75) is 117 Å². The number of hydrogen-bond donors (Lipinski definition) is 3. The molecule has 3 rings (SSSR count). The van der Waals surface area contributed by atoms with E-state index in [9.17, 15) is 15.3 Å². The molecule has 3 saturated carbocycles. The Labute approximate surface area is 196 Å². The fourth-order valence-electron chi connectivity index (χ4n) is 7.32. The van der Waals surface area contributed by atoms with E-state index in [0.29, 0.717) is 23.7 Å². The van der Waals surface area contributed by atoms with Crippen LogP contribution in [0.3, 0.4) is 0 Å². The topological polar surface area (TPSA) is 60.7 Å². The predicted octanol–water partition coefficient (Wildman–Crippen LogP) is 6.34. The van der Waals surface area contributed by atoms with E-state index >= 15 is 0 Å². The lowest BCUT2D eigenvalue weighted by Crippen LogP contribution is -2.38. The molecular weight excluding hydrogens is 396 g/mol. The molecule has 0 aromatic heterocycles. The Hall–Kier alpha value is -0.900. The van der Waals surface area contributed by atoms with Crippen LogP contribution in [0.5, 0.6) is 0 Å². The molecule has 0 spiro atoms. The maximum atomic E-state index is 10.6. The molecule has 3 aliphatic carbocycles. The molecule has 182 valence electrons. The molecular formula is C29H48O3. The van der Waals surface area contributed by atoms with E-state index in [-0.39, 0.29) is 5.92 Å². The Balaban J connectivity index is 1.71. The summed E-state index contributed by atoms with van der Waals surface area (Å²) in [6.45, 7) is 15.0. The van der Waals surface area contributed by atoms with Crippen LogP contribution in [-0.4, -0.2) is 33.1 Å². The molecule has 0 aliphatic heterocycles. The van der Waals surface area contributed by atoms with E-state index in [1.165, 1.54) is 38.5 Å². The molecule has 3 heteroatoms. The summed E-state index contributed by atoms with van der Waals surface area (Å²) in [6, 6.07) is 0. The van der Waals surface area contributed by atoms with Crippen molar-refractivity contribution in [3.63, 3.8) is 0 Å². The van der Waals surface area contributed by atoms with E-state index in [1.807, 2.05) is 20.8 Å². The molecule has 0 unspecified atom stereocenters. The highest BCUT2D eigenvalue weighted by Gasteiger charge is 2.50. The fraction of sp³-hybridized carbons (Fsp3) is 0.793. The second-order valence-electron chi connectivity index (χ2n) is 12.0. The molecule has 3 nitrogen and oxygen atoms in total. The smallest absolute Gasteiger partial charge is 0.0839 e. The molecule has 3 N–H and O–H groups in total. The molecule has 0 heterocycles. The van der Waals surface area contributed by atoms with Gasteiger partial charge in [-0.15, -0.1) is 0 Å². The van der Waals surface area contributed by atoms with Gasteiger partial charge >= 0.3 is 0 Å². The van der Waals surface area contributed by atoms with Crippen molar-refractivity contribution in [2.24, 2.45) is 29.1 Å². The number of aliphatic hydroxyl groups is 3. The molecule has 0 aromatic carbocycles. The highest BCUT2D eigenvalue weighted by atomic mass is 16.3. The van der Waals surface area contributed by atoms with Crippen LogP contribution in [0.4, 0.5) is 0 Å². The van der Waals surface area contributed by atoms with Gasteiger partial charge in [-0.1, -0.05) is 57.9 Å². The van der Waals surface area contributed by atoms with Crippen LogP contribution in [0.25, 0.3) is 0 Å². The van der Waals surface area contributed by atoms with E-state index in [2.05, 4.69) is 32.6 Å². The van der Waals surface area contributed by atoms with Crippen LogP contribution in [-0.2, 0) is 0 Å². The van der Waals surface area contributed by atoms with Gasteiger partial charge in [-0.3, -0.25) is 0 Å². The molecule has 0 bridgehead atoms. The lowest BCUT2D eigenvalue weighted by Gasteiger charge is -2.44. The van der Waals surface area contributed by atoms with Crippen LogP contribution in [0, 0.1) is 29.1 Å². The number of rotatable bonds is 7. The monoisotopic (exact) mass is 444 g/mol. The van der Waals surface area contributed by atoms with Crippen LogP contribution in [0.1, 0.15) is 98.8 Å². The van der Waals surface area contributed by atoms with Crippen molar-refractivity contribution in [1.29, 1.82) is 0 Å². The van der Waals surface area contributed by atoms with Gasteiger partial charge in [0.1, 0.15) is 0 Å². The average Bonchev–Trinajstić information content (AvgIpc) is 3.06. The van der Waals surface area contributed by atoms with E-state index in [4.69, 9.17) is 0 Å². The molecule has 0 saturated heterocycles. The van der Waals surface area contributed by atoms with Crippen LogP contribution in [0.15, 0.2) is 35.5 Å². The molecule has 7 atom stereocenters. The second kappa shape index (κ2) is 10.2. The first-order valence-electron chi connectivity index (χ1n) is 13.1. The lowest BCUT2D eigenvalue weighted by atomic mass is 9.60. The largest absolute Gasteiger partial charge is 0.392 e. The SMILES string of the molecule is C=C1/C(=C\C=C2/CCC[C@]3(C)[C@@H]([C@@H](C)CCCC(C)(C)O)CC[C@@H]23)C[C@@H](O)[C@H](CC)[C@@H]1O. The van der Waals surface area contributed by atoms with Crippen molar-refractivity contribution in [3.8, 4) is 0 Å². The van der Waals surface area contributed by atoms with Gasteiger partial charge in [-0.25, -0.2) is 0 Å². The molecule has 0 aromatic rings. The first kappa shape index (κ1) is 25.7. The lowest BCUT2D eigenvalue weighted by molar-refractivity contribution is 0.0167. The average molecular weight is 445 g/mol. The third kappa shape index (κ3) is 5.42. The van der Waals surface area contributed by atoms with Crippen LogP contribution in [0.2, 0.25) is 0 Å². The first-order valence-corrected chi connectivity index (χ1v) is 13.1. The van der Waals surface area contributed by atoms with Gasteiger partial charge in [0.05, 0.1) is 17.8 Å². The van der Waals surface area contributed by atoms with Gasteiger partial charge in [0.25, 0.3) is 0 Å². The Morgan fingerprint density at radius 1 is 1.22 bits per heavy atom. The zero-order chi connectivity index (χ0) is 23.7. The van der Waals surface area contributed by atoms with E-state index in [0.717, 1.165) is 36.3 Å². The Kier molecular flexibility index (Phi) is 8.16. The van der Waals surface area contributed by atoms with Crippen molar-refractivity contribution in [2.75, 3.05) is 0 Å². The van der Waals surface area contributed by atoms with Gasteiger partial charge in [0.2, 0.25) is 0 Å². The van der Waals surface area contributed by atoms with Gasteiger partial charge in [0.15, 0.2) is 0 Å². The predicted molar refractivity (Wildman–Crippen MR) is 133 cm³/mol. The van der Waals surface area contributed by atoms with Crippen LogP contribution < -0.4 is 0 Å². The summed E-state index contributed by atoms with van der Waals surface area (Å²) in [4.78, 5) is 0. The molecule has 3 aliphatic rings. The summed E-state index contributed by atoms with van der Waals surface area (Å²) < 4.78 is 0. The van der Waals surface area contributed by atoms with Crippen molar-refractivity contribution >= 4 is 0 Å². The summed E-state index contributed by atoms with van der Waals surface area (Å²) in [5.41, 5.74) is 3.18. The standard InChI is InChI=1S/C29H48O3/c1-7-23-26(30)18-22(20(3)27(23)31)13-12-21-11-9-17-29(6)24(14-15-25(21)29)19(2)10-8-16-28(4,5)32/h12-13,19,23-27,30-32H,3,7-11,14-18H2,1-2,4-6H3/b21-12+,22-13-/t19-,23-,24+,25-,26+,27+,29+/m0/s1. The van der Waals surface area contributed by atoms with Gasteiger partial charge in [-0.2, -0.15) is 0 Å². The van der Waals surface area contributed by atoms with Crippen LogP contribution >= 0.6 is 0 Å². The quantitative estimate of drug-likeness (QED) is 0.429. The van der Waals surface area contributed by atoms with Crippen molar-refractivity contribution in [1.82, 2.24) is 0 Å². The highest BCUT2D eigenvalue weighted by molar-refractivity contribution is 5.39. The number of fused-ring (bicyclic) bond motifs is 1. The van der Waals surface area contributed by atoms with Gasteiger partial charge in [0, 0.05) is 5.92 Å². The summed E-state index contributed by atoms with van der Waals surface area (Å²) >= 11 is 0. The van der Waals surface area contributed by atoms with Crippen molar-refractivity contribution < 1.29 is 15.3 Å². The number of aliphatic hydroxyl groups excluding tert-OH is 2. The zero-order valence-corrected chi connectivity index (χ0v) is 21.2. The Bertz CT molecular complexity index is 727. The second-order valence-corrected chi connectivity index (χ2v) is 12.0. The number of hydrogen-bond acceptors (Lipinski definition) is 3. The molecule has 32 heavy (non-hydrogen) atoms.